The molecule has 0 bridgehead atoms. The van der Waals surface area contributed by atoms with Crippen LogP contribution in [0.25, 0.3) is 0 Å². The van der Waals surface area contributed by atoms with E-state index in [1.165, 1.54) is 0 Å². The molecule has 5 heteroatoms. The highest BCUT2D eigenvalue weighted by Gasteiger charge is 2.27. The molecule has 3 nitrogen and oxygen atoms in total. The van der Waals surface area contributed by atoms with E-state index in [0.717, 1.165) is 22.4 Å². The Balaban J connectivity index is 2.25. The fourth-order valence-corrected chi connectivity index (χ4v) is 3.39. The van der Waals surface area contributed by atoms with Crippen molar-refractivity contribution in [2.75, 3.05) is 11.5 Å². The molecule has 1 fully saturated rings. The molecular weight excluding hydrogens is 264 g/mol. The van der Waals surface area contributed by atoms with Gasteiger partial charge in [0.2, 0.25) is 0 Å². The lowest BCUT2D eigenvalue weighted by molar-refractivity contribution is 0.0923. The van der Waals surface area contributed by atoms with Crippen LogP contribution in [0.2, 0.25) is 0 Å². The Hall–Kier alpha value is -0.290. The maximum atomic E-state index is 12.0. The third-order valence-corrected chi connectivity index (χ3v) is 4.17. The van der Waals surface area contributed by atoms with Gasteiger partial charge < -0.3 is 0 Å². The van der Waals surface area contributed by atoms with Gasteiger partial charge >= 0.3 is 0 Å². The Morgan fingerprint density at radius 2 is 2.57 bits per heavy atom. The number of ketones is 1. The van der Waals surface area contributed by atoms with Crippen molar-refractivity contribution >= 4 is 33.5 Å². The van der Waals surface area contributed by atoms with Crippen molar-refractivity contribution in [1.29, 1.82) is 0 Å². The normalized spacial score (nSPS) is 21.4. The number of halogens is 1. The SMILES string of the molecule is Cn1ncc(Br)c1C(=O)C1CCSC1. The van der Waals surface area contributed by atoms with Crippen molar-refractivity contribution in [2.45, 2.75) is 6.42 Å². The first-order valence-corrected chi connectivity index (χ1v) is 6.44. The molecule has 2 rings (SSSR count). The second kappa shape index (κ2) is 4.06. The van der Waals surface area contributed by atoms with Gasteiger partial charge in [-0.2, -0.15) is 16.9 Å². The lowest BCUT2D eigenvalue weighted by Gasteiger charge is -2.07. The van der Waals surface area contributed by atoms with Gasteiger partial charge in [0.15, 0.2) is 5.78 Å². The minimum absolute atomic E-state index is 0.187. The number of aryl methyl sites for hydroxylation is 1. The molecule has 1 atom stereocenters. The first-order chi connectivity index (χ1) is 6.70. The molecule has 1 aliphatic heterocycles. The van der Waals surface area contributed by atoms with Crippen LogP contribution in [0.5, 0.6) is 0 Å². The quantitative estimate of drug-likeness (QED) is 0.775. The summed E-state index contributed by atoms with van der Waals surface area (Å²) in [6.45, 7) is 0. The van der Waals surface area contributed by atoms with Gasteiger partial charge in [0, 0.05) is 18.7 Å². The molecule has 76 valence electrons. The largest absolute Gasteiger partial charge is 0.292 e. The van der Waals surface area contributed by atoms with Gasteiger partial charge in [-0.25, -0.2) is 0 Å². The number of Topliss-reactive ketones (excluding diaryl/α,β-unsaturated/α-hetero) is 1. The van der Waals surface area contributed by atoms with Gasteiger partial charge in [-0.1, -0.05) is 0 Å². The topological polar surface area (TPSA) is 34.9 Å². The van der Waals surface area contributed by atoms with Crippen molar-refractivity contribution < 1.29 is 4.79 Å². The lowest BCUT2D eigenvalue weighted by atomic mass is 10.0. The molecule has 0 saturated carbocycles. The van der Waals surface area contributed by atoms with Gasteiger partial charge in [-0.3, -0.25) is 9.48 Å². The maximum absolute atomic E-state index is 12.0. The Kier molecular flexibility index (Phi) is 2.97. The molecule has 0 aliphatic carbocycles. The number of carbonyl (C=O) groups is 1. The summed E-state index contributed by atoms with van der Waals surface area (Å²) in [5.41, 5.74) is 0.706. The molecule has 2 heterocycles. The molecule has 0 N–H and O–H groups in total. The van der Waals surface area contributed by atoms with Crippen molar-refractivity contribution in [1.82, 2.24) is 9.78 Å². The zero-order chi connectivity index (χ0) is 10.1. The zero-order valence-corrected chi connectivity index (χ0v) is 10.3. The van der Waals surface area contributed by atoms with E-state index in [4.69, 9.17) is 0 Å². The first kappa shape index (κ1) is 10.2. The Labute approximate surface area is 95.4 Å². The fraction of sp³-hybridized carbons (Fsp3) is 0.556. The van der Waals surface area contributed by atoms with E-state index in [0.29, 0.717) is 5.69 Å². The molecule has 1 aliphatic rings. The molecule has 1 unspecified atom stereocenters. The van der Waals surface area contributed by atoms with Gasteiger partial charge in [0.1, 0.15) is 5.69 Å². The Morgan fingerprint density at radius 3 is 3.07 bits per heavy atom. The van der Waals surface area contributed by atoms with E-state index < -0.39 is 0 Å². The highest BCUT2D eigenvalue weighted by Crippen LogP contribution is 2.28. The van der Waals surface area contributed by atoms with Crippen molar-refractivity contribution in [3.63, 3.8) is 0 Å². The fourth-order valence-electron chi connectivity index (χ4n) is 1.62. The van der Waals surface area contributed by atoms with Crippen LogP contribution >= 0.6 is 27.7 Å². The molecule has 0 amide bonds. The molecule has 1 aromatic rings. The Bertz CT molecular complexity index is 338. The standard InChI is InChI=1S/C9H11BrN2OS/c1-12-8(7(10)4-11-12)9(13)6-2-3-14-5-6/h4,6H,2-3,5H2,1H3. The first-order valence-electron chi connectivity index (χ1n) is 4.49. The summed E-state index contributed by atoms with van der Waals surface area (Å²) in [4.78, 5) is 12.0. The van der Waals surface area contributed by atoms with E-state index >= 15 is 0 Å². The predicted molar refractivity (Wildman–Crippen MR) is 60.7 cm³/mol. The van der Waals surface area contributed by atoms with Crippen LogP contribution in [-0.4, -0.2) is 27.1 Å². The van der Waals surface area contributed by atoms with Gasteiger partial charge in [-0.05, 0) is 28.1 Å². The van der Waals surface area contributed by atoms with Crippen LogP contribution in [0.15, 0.2) is 10.7 Å². The summed E-state index contributed by atoms with van der Waals surface area (Å²) < 4.78 is 2.46. The van der Waals surface area contributed by atoms with E-state index in [2.05, 4.69) is 21.0 Å². The second-order valence-electron chi connectivity index (χ2n) is 3.39. The Morgan fingerprint density at radius 1 is 1.79 bits per heavy atom. The van der Waals surface area contributed by atoms with E-state index in [-0.39, 0.29) is 11.7 Å². The van der Waals surface area contributed by atoms with Crippen molar-refractivity contribution in [3.05, 3.63) is 16.4 Å². The number of nitrogens with zero attached hydrogens (tertiary/aromatic N) is 2. The van der Waals surface area contributed by atoms with Crippen LogP contribution in [0, 0.1) is 5.92 Å². The monoisotopic (exact) mass is 274 g/mol. The maximum Gasteiger partial charge on any atom is 0.185 e. The summed E-state index contributed by atoms with van der Waals surface area (Å²) in [7, 11) is 1.81. The van der Waals surface area contributed by atoms with Gasteiger partial charge in [0.25, 0.3) is 0 Å². The highest BCUT2D eigenvalue weighted by molar-refractivity contribution is 9.10. The zero-order valence-electron chi connectivity index (χ0n) is 7.86. The minimum Gasteiger partial charge on any atom is -0.292 e. The van der Waals surface area contributed by atoms with Crippen molar-refractivity contribution in [2.24, 2.45) is 13.0 Å². The molecule has 0 aromatic carbocycles. The molecule has 0 radical (unpaired) electrons. The number of hydrogen-bond donors (Lipinski definition) is 0. The summed E-state index contributed by atoms with van der Waals surface area (Å²) in [5, 5.41) is 4.05. The molecular formula is C9H11BrN2OS. The highest BCUT2D eigenvalue weighted by atomic mass is 79.9. The van der Waals surface area contributed by atoms with E-state index in [1.807, 2.05) is 11.8 Å². The number of rotatable bonds is 2. The van der Waals surface area contributed by atoms with Crippen LogP contribution in [-0.2, 0) is 7.05 Å². The van der Waals surface area contributed by atoms with E-state index in [1.54, 1.807) is 17.9 Å². The van der Waals surface area contributed by atoms with Gasteiger partial charge in [-0.15, -0.1) is 0 Å². The second-order valence-corrected chi connectivity index (χ2v) is 5.39. The van der Waals surface area contributed by atoms with Crippen molar-refractivity contribution in [3.8, 4) is 0 Å². The average molecular weight is 275 g/mol. The number of aromatic nitrogens is 2. The van der Waals surface area contributed by atoms with Crippen LogP contribution < -0.4 is 0 Å². The molecule has 1 aromatic heterocycles. The number of hydrogen-bond acceptors (Lipinski definition) is 3. The van der Waals surface area contributed by atoms with Crippen LogP contribution in [0.3, 0.4) is 0 Å². The minimum atomic E-state index is 0.187. The van der Waals surface area contributed by atoms with Crippen LogP contribution in [0.4, 0.5) is 0 Å². The summed E-state index contributed by atoms with van der Waals surface area (Å²) in [6, 6.07) is 0. The molecule has 1 saturated heterocycles. The third kappa shape index (κ3) is 1.75. The predicted octanol–water partition coefficient (Wildman–Crippen LogP) is 2.12. The summed E-state index contributed by atoms with van der Waals surface area (Å²) in [5.74, 6) is 2.47. The van der Waals surface area contributed by atoms with Gasteiger partial charge in [0.05, 0.1) is 10.7 Å². The van der Waals surface area contributed by atoms with E-state index in [9.17, 15) is 4.79 Å². The smallest absolute Gasteiger partial charge is 0.185 e. The number of carbonyl (C=O) groups excluding carboxylic acids is 1. The summed E-state index contributed by atoms with van der Waals surface area (Å²) >= 11 is 5.21. The van der Waals surface area contributed by atoms with Crippen LogP contribution in [0.1, 0.15) is 16.9 Å². The lowest BCUT2D eigenvalue weighted by Crippen LogP contribution is -2.17. The summed E-state index contributed by atoms with van der Waals surface area (Å²) in [6.07, 6.45) is 2.68. The third-order valence-electron chi connectivity index (χ3n) is 2.43. The number of thioether (sulfide) groups is 1. The molecule has 14 heavy (non-hydrogen) atoms. The molecule has 0 spiro atoms. The average Bonchev–Trinajstić information content (AvgIpc) is 2.75.